The van der Waals surface area contributed by atoms with Crippen LogP contribution in [0.1, 0.15) is 40.0 Å². The summed E-state index contributed by atoms with van der Waals surface area (Å²) in [7, 11) is 0. The zero-order valence-electron chi connectivity index (χ0n) is 10.5. The first-order valence-corrected chi connectivity index (χ1v) is 6.23. The van der Waals surface area contributed by atoms with E-state index >= 15 is 0 Å². The Hall–Kier alpha value is -1.13. The minimum atomic E-state index is -0.684. The highest BCUT2D eigenvalue weighted by Gasteiger charge is 2.55. The van der Waals surface area contributed by atoms with Crippen molar-refractivity contribution in [1.29, 1.82) is 0 Å². The molecule has 5 atom stereocenters. The second-order valence-corrected chi connectivity index (χ2v) is 5.66. The van der Waals surface area contributed by atoms with Gasteiger partial charge >= 0.3 is 5.97 Å². The van der Waals surface area contributed by atoms with Crippen molar-refractivity contribution in [3.05, 3.63) is 10.1 Å². The van der Waals surface area contributed by atoms with Crippen LogP contribution in [0.15, 0.2) is 0 Å². The van der Waals surface area contributed by atoms with Crippen LogP contribution in [0.4, 0.5) is 0 Å². The molecule has 5 heteroatoms. The molecule has 2 rings (SSSR count). The van der Waals surface area contributed by atoms with E-state index in [4.69, 9.17) is 4.74 Å². The normalized spacial score (nSPS) is 45.9. The maximum atomic E-state index is 12.0. The van der Waals surface area contributed by atoms with Gasteiger partial charge in [-0.05, 0) is 26.2 Å². The summed E-state index contributed by atoms with van der Waals surface area (Å²) in [4.78, 5) is 23.0. The van der Waals surface area contributed by atoms with E-state index in [2.05, 4.69) is 0 Å². The zero-order valence-corrected chi connectivity index (χ0v) is 10.5. The fourth-order valence-electron chi connectivity index (χ4n) is 3.37. The quantitative estimate of drug-likeness (QED) is 0.400. The molecule has 0 spiro atoms. The van der Waals surface area contributed by atoms with Crippen LogP contribution in [0, 0.1) is 27.9 Å². The number of carbonyl (C=O) groups excluding carboxylic acids is 1. The molecular formula is C12H19NO4. The molecule has 0 radical (unpaired) electrons. The summed E-state index contributed by atoms with van der Waals surface area (Å²) < 4.78 is 5.54. The van der Waals surface area contributed by atoms with Crippen LogP contribution in [0.5, 0.6) is 0 Å². The number of hydrogen-bond acceptors (Lipinski definition) is 4. The Labute approximate surface area is 101 Å². The Morgan fingerprint density at radius 2 is 2.12 bits per heavy atom. The standard InChI is InChI=1S/C12H19NO4/c1-7-9-5-4-6-12(3,17-11(9)14)8(2)10(7)13(15)16/h7-10H,4-6H2,1-3H3/t7-,8+,9-,10-,12-/m1/s1. The molecule has 0 unspecified atom stereocenters. The molecule has 96 valence electrons. The van der Waals surface area contributed by atoms with Crippen LogP contribution in [0.2, 0.25) is 0 Å². The van der Waals surface area contributed by atoms with Crippen LogP contribution in [-0.2, 0) is 9.53 Å². The molecule has 2 heterocycles. The predicted molar refractivity (Wildman–Crippen MR) is 60.9 cm³/mol. The number of rotatable bonds is 1. The predicted octanol–water partition coefficient (Wildman–Crippen LogP) is 2.02. The van der Waals surface area contributed by atoms with Crippen LogP contribution < -0.4 is 0 Å². The molecule has 0 aliphatic carbocycles. The largest absolute Gasteiger partial charge is 0.459 e. The Kier molecular flexibility index (Phi) is 2.87. The summed E-state index contributed by atoms with van der Waals surface area (Å²) in [5.74, 6) is -1.03. The Balaban J connectivity index is 2.46. The van der Waals surface area contributed by atoms with E-state index in [-0.39, 0.29) is 28.6 Å². The highest BCUT2D eigenvalue weighted by molar-refractivity contribution is 5.74. The summed E-state index contributed by atoms with van der Waals surface area (Å²) in [5.41, 5.74) is -0.672. The fourth-order valence-corrected chi connectivity index (χ4v) is 3.37. The van der Waals surface area contributed by atoms with E-state index < -0.39 is 11.6 Å². The topological polar surface area (TPSA) is 69.4 Å². The van der Waals surface area contributed by atoms with Crippen LogP contribution in [0.25, 0.3) is 0 Å². The lowest BCUT2D eigenvalue weighted by atomic mass is 9.71. The van der Waals surface area contributed by atoms with Crippen molar-refractivity contribution in [3.63, 3.8) is 0 Å². The molecule has 0 aromatic carbocycles. The second-order valence-electron chi connectivity index (χ2n) is 5.66. The molecule has 0 aromatic rings. The average molecular weight is 241 g/mol. The van der Waals surface area contributed by atoms with Gasteiger partial charge in [0.2, 0.25) is 6.04 Å². The summed E-state index contributed by atoms with van der Waals surface area (Å²) >= 11 is 0. The van der Waals surface area contributed by atoms with E-state index in [1.165, 1.54) is 0 Å². The highest BCUT2D eigenvalue weighted by Crippen LogP contribution is 2.44. The van der Waals surface area contributed by atoms with Gasteiger partial charge in [-0.15, -0.1) is 0 Å². The van der Waals surface area contributed by atoms with E-state index in [9.17, 15) is 14.9 Å². The van der Waals surface area contributed by atoms with Crippen molar-refractivity contribution < 1.29 is 14.5 Å². The number of nitrogens with zero attached hydrogens (tertiary/aromatic N) is 1. The van der Waals surface area contributed by atoms with Gasteiger partial charge < -0.3 is 4.74 Å². The lowest BCUT2D eigenvalue weighted by Crippen LogP contribution is -2.47. The number of fused-ring (bicyclic) bond motifs is 3. The van der Waals surface area contributed by atoms with Gasteiger partial charge in [0.15, 0.2) is 0 Å². The second kappa shape index (κ2) is 3.96. The summed E-state index contributed by atoms with van der Waals surface area (Å²) in [6.45, 7) is 5.49. The molecule has 2 aliphatic rings. The smallest absolute Gasteiger partial charge is 0.310 e. The zero-order chi connectivity index (χ0) is 12.8. The summed E-state index contributed by atoms with van der Waals surface area (Å²) in [6.07, 6.45) is 2.35. The molecule has 0 aromatic heterocycles. The van der Waals surface area contributed by atoms with Gasteiger partial charge in [0.05, 0.1) is 11.8 Å². The van der Waals surface area contributed by atoms with Crippen molar-refractivity contribution >= 4 is 5.97 Å². The molecular weight excluding hydrogens is 222 g/mol. The van der Waals surface area contributed by atoms with E-state index in [1.807, 2.05) is 20.8 Å². The number of ether oxygens (including phenoxy) is 1. The number of esters is 1. The van der Waals surface area contributed by atoms with Gasteiger partial charge in [-0.1, -0.05) is 13.8 Å². The molecule has 0 N–H and O–H groups in total. The lowest BCUT2D eigenvalue weighted by molar-refractivity contribution is -0.545. The SMILES string of the molecule is C[C@H]1[C@@H]([N+](=O)[O-])[C@H](C)[C@@]2(C)CCC[C@H]1C(=O)O2. The molecule has 0 amide bonds. The fraction of sp³-hybridized carbons (Fsp3) is 0.917. The molecule has 0 saturated carbocycles. The molecule has 2 fully saturated rings. The van der Waals surface area contributed by atoms with Gasteiger partial charge in [0, 0.05) is 10.8 Å². The first-order valence-electron chi connectivity index (χ1n) is 6.23. The van der Waals surface area contributed by atoms with Gasteiger partial charge in [-0.25, -0.2) is 0 Å². The molecule has 17 heavy (non-hydrogen) atoms. The van der Waals surface area contributed by atoms with Crippen LogP contribution >= 0.6 is 0 Å². The van der Waals surface area contributed by atoms with Crippen LogP contribution in [0.3, 0.4) is 0 Å². The maximum Gasteiger partial charge on any atom is 0.310 e. The maximum absolute atomic E-state index is 12.0. The average Bonchev–Trinajstić information content (AvgIpc) is 2.39. The van der Waals surface area contributed by atoms with Crippen molar-refractivity contribution in [1.82, 2.24) is 0 Å². The van der Waals surface area contributed by atoms with Gasteiger partial charge in [0.1, 0.15) is 5.60 Å². The molecule has 2 saturated heterocycles. The number of carbonyl (C=O) groups is 1. The molecule has 2 aliphatic heterocycles. The first-order chi connectivity index (χ1) is 7.87. The Morgan fingerprint density at radius 1 is 1.47 bits per heavy atom. The van der Waals surface area contributed by atoms with Crippen molar-refractivity contribution in [2.45, 2.75) is 51.7 Å². The third-order valence-electron chi connectivity index (χ3n) is 4.72. The van der Waals surface area contributed by atoms with Gasteiger partial charge in [-0.2, -0.15) is 0 Å². The monoisotopic (exact) mass is 241 g/mol. The highest BCUT2D eigenvalue weighted by atomic mass is 16.6. The first kappa shape index (κ1) is 12.3. The lowest BCUT2D eigenvalue weighted by Gasteiger charge is -2.35. The van der Waals surface area contributed by atoms with Crippen molar-refractivity contribution in [2.75, 3.05) is 0 Å². The number of nitro groups is 1. The molecule has 5 nitrogen and oxygen atoms in total. The summed E-state index contributed by atoms with van der Waals surface area (Å²) in [6, 6.07) is -0.684. The van der Waals surface area contributed by atoms with E-state index in [0.717, 1.165) is 12.8 Å². The third kappa shape index (κ3) is 1.81. The molecule has 2 bridgehead atoms. The minimum Gasteiger partial charge on any atom is -0.459 e. The Bertz CT molecular complexity index is 356. The van der Waals surface area contributed by atoms with Crippen molar-refractivity contribution in [2.24, 2.45) is 17.8 Å². The van der Waals surface area contributed by atoms with Gasteiger partial charge in [0.25, 0.3) is 0 Å². The summed E-state index contributed by atoms with van der Waals surface area (Å²) in [5, 5.41) is 11.2. The third-order valence-corrected chi connectivity index (χ3v) is 4.72. The van der Waals surface area contributed by atoms with Crippen molar-refractivity contribution in [3.8, 4) is 0 Å². The van der Waals surface area contributed by atoms with E-state index in [0.29, 0.717) is 6.42 Å². The Morgan fingerprint density at radius 3 is 2.71 bits per heavy atom. The van der Waals surface area contributed by atoms with Crippen LogP contribution in [-0.4, -0.2) is 22.5 Å². The van der Waals surface area contributed by atoms with Gasteiger partial charge in [-0.3, -0.25) is 14.9 Å². The van der Waals surface area contributed by atoms with E-state index in [1.54, 1.807) is 0 Å². The number of hydrogen-bond donors (Lipinski definition) is 0. The minimum absolute atomic E-state index is 0.228.